The molecule has 0 aliphatic heterocycles. The van der Waals surface area contributed by atoms with Crippen LogP contribution in [0.1, 0.15) is 25.0 Å². The van der Waals surface area contributed by atoms with Gasteiger partial charge in [-0.3, -0.25) is 0 Å². The van der Waals surface area contributed by atoms with E-state index in [9.17, 15) is 0 Å². The van der Waals surface area contributed by atoms with Crippen molar-refractivity contribution in [2.24, 2.45) is 5.73 Å². The highest BCUT2D eigenvalue weighted by molar-refractivity contribution is 9.10. The number of hydrogen-bond acceptors (Lipinski definition) is 2. The summed E-state index contributed by atoms with van der Waals surface area (Å²) in [5.74, 6) is 6.63. The second-order valence-electron chi connectivity index (χ2n) is 4.11. The third-order valence-electron chi connectivity index (χ3n) is 2.32. The molecule has 0 saturated heterocycles. The maximum atomic E-state index is 5.85. The number of aryl methyl sites for hydroxylation is 1. The zero-order valence-corrected chi connectivity index (χ0v) is 12.1. The fourth-order valence-corrected chi connectivity index (χ4v) is 2.30. The van der Waals surface area contributed by atoms with Gasteiger partial charge in [0.2, 0.25) is 0 Å². The maximum absolute atomic E-state index is 5.85. The molecule has 0 aliphatic carbocycles. The van der Waals surface area contributed by atoms with Crippen LogP contribution in [-0.4, -0.2) is 12.6 Å². The lowest BCUT2D eigenvalue weighted by atomic mass is 10.0. The van der Waals surface area contributed by atoms with Gasteiger partial charge in [0.05, 0.1) is 0 Å². The summed E-state index contributed by atoms with van der Waals surface area (Å²) in [7, 11) is 0. The van der Waals surface area contributed by atoms with Crippen LogP contribution in [0.15, 0.2) is 16.6 Å². The van der Waals surface area contributed by atoms with Crippen molar-refractivity contribution < 1.29 is 4.74 Å². The van der Waals surface area contributed by atoms with Crippen LogP contribution in [-0.2, 0) is 6.42 Å². The van der Waals surface area contributed by atoms with Crippen LogP contribution in [0, 0.1) is 18.8 Å². The zero-order chi connectivity index (χ0) is 12.8. The van der Waals surface area contributed by atoms with Gasteiger partial charge in [-0.2, -0.15) is 0 Å². The quantitative estimate of drug-likeness (QED) is 0.867. The number of rotatable bonds is 4. The Hall–Kier alpha value is -0.980. The summed E-state index contributed by atoms with van der Waals surface area (Å²) >= 11 is 3.49. The van der Waals surface area contributed by atoms with E-state index in [1.807, 2.05) is 19.9 Å². The van der Waals surface area contributed by atoms with Crippen LogP contribution < -0.4 is 10.5 Å². The summed E-state index contributed by atoms with van der Waals surface area (Å²) in [6.45, 7) is 6.25. The highest BCUT2D eigenvalue weighted by Gasteiger charge is 2.10. The Morgan fingerprint density at radius 3 is 2.76 bits per heavy atom. The molecule has 2 nitrogen and oxygen atoms in total. The van der Waals surface area contributed by atoms with E-state index in [0.717, 1.165) is 27.8 Å². The van der Waals surface area contributed by atoms with Crippen molar-refractivity contribution in [3.8, 4) is 17.6 Å². The van der Waals surface area contributed by atoms with Crippen LogP contribution in [0.4, 0.5) is 0 Å². The fourth-order valence-electron chi connectivity index (χ4n) is 1.68. The maximum Gasteiger partial charge on any atom is 0.149 e. The summed E-state index contributed by atoms with van der Waals surface area (Å²) in [5, 5.41) is 0. The number of benzene rings is 1. The van der Waals surface area contributed by atoms with Crippen LogP contribution >= 0.6 is 15.9 Å². The molecule has 0 saturated carbocycles. The Labute approximate surface area is 112 Å². The minimum atomic E-state index is 0.114. The van der Waals surface area contributed by atoms with E-state index in [4.69, 9.17) is 10.5 Å². The molecule has 1 rings (SSSR count). The molecule has 0 aliphatic rings. The Morgan fingerprint density at radius 1 is 1.47 bits per heavy atom. The molecule has 1 aromatic rings. The van der Waals surface area contributed by atoms with E-state index < -0.39 is 0 Å². The molecule has 3 heteroatoms. The molecule has 0 radical (unpaired) electrons. The van der Waals surface area contributed by atoms with Crippen LogP contribution in [0.25, 0.3) is 0 Å². The number of halogens is 1. The first-order valence-electron chi connectivity index (χ1n) is 5.61. The van der Waals surface area contributed by atoms with Crippen molar-refractivity contribution in [3.05, 3.63) is 27.7 Å². The molecule has 0 bridgehead atoms. The third-order valence-corrected chi connectivity index (χ3v) is 2.78. The van der Waals surface area contributed by atoms with Crippen molar-refractivity contribution in [3.63, 3.8) is 0 Å². The largest absolute Gasteiger partial charge is 0.480 e. The molecule has 1 unspecified atom stereocenters. The molecule has 0 aromatic heterocycles. The van der Waals surface area contributed by atoms with Gasteiger partial charge in [0.1, 0.15) is 12.4 Å². The fraction of sp³-hybridized carbons (Fsp3) is 0.429. The van der Waals surface area contributed by atoms with Crippen molar-refractivity contribution in [1.29, 1.82) is 0 Å². The van der Waals surface area contributed by atoms with Gasteiger partial charge in [-0.25, -0.2) is 0 Å². The molecule has 1 atom stereocenters. The van der Waals surface area contributed by atoms with Crippen LogP contribution in [0.2, 0.25) is 0 Å². The van der Waals surface area contributed by atoms with Gasteiger partial charge in [-0.1, -0.05) is 21.9 Å². The zero-order valence-electron chi connectivity index (χ0n) is 10.5. The van der Waals surface area contributed by atoms with Gasteiger partial charge in [-0.05, 0) is 50.5 Å². The van der Waals surface area contributed by atoms with E-state index in [-0.39, 0.29) is 6.04 Å². The lowest BCUT2D eigenvalue weighted by molar-refractivity contribution is 0.362. The minimum Gasteiger partial charge on any atom is -0.480 e. The first-order valence-corrected chi connectivity index (χ1v) is 6.41. The van der Waals surface area contributed by atoms with Crippen molar-refractivity contribution in [2.45, 2.75) is 33.2 Å². The Morgan fingerprint density at radius 2 is 2.18 bits per heavy atom. The molecule has 0 spiro atoms. The topological polar surface area (TPSA) is 35.2 Å². The predicted molar refractivity (Wildman–Crippen MR) is 75.2 cm³/mol. The molecular weight excluding hydrogens is 278 g/mol. The molecular formula is C14H18BrNO. The normalized spacial score (nSPS) is 11.6. The Kier molecular flexibility index (Phi) is 5.54. The average Bonchev–Trinajstić information content (AvgIpc) is 2.21. The van der Waals surface area contributed by atoms with Gasteiger partial charge in [0, 0.05) is 10.5 Å². The molecule has 2 N–H and O–H groups in total. The van der Waals surface area contributed by atoms with E-state index in [1.165, 1.54) is 0 Å². The monoisotopic (exact) mass is 295 g/mol. The molecule has 0 fully saturated rings. The smallest absolute Gasteiger partial charge is 0.149 e. The summed E-state index contributed by atoms with van der Waals surface area (Å²) in [6, 6.07) is 4.22. The molecule has 0 amide bonds. The van der Waals surface area contributed by atoms with E-state index in [0.29, 0.717) is 6.61 Å². The molecule has 1 aromatic carbocycles. The number of hydrogen-bond donors (Lipinski definition) is 1. The van der Waals surface area contributed by atoms with E-state index >= 15 is 0 Å². The van der Waals surface area contributed by atoms with Crippen molar-refractivity contribution in [1.82, 2.24) is 0 Å². The lowest BCUT2D eigenvalue weighted by Gasteiger charge is -2.15. The first-order chi connectivity index (χ1) is 8.04. The lowest BCUT2D eigenvalue weighted by Crippen LogP contribution is -2.18. The summed E-state index contributed by atoms with van der Waals surface area (Å²) < 4.78 is 6.77. The average molecular weight is 296 g/mol. The molecule has 17 heavy (non-hydrogen) atoms. The second kappa shape index (κ2) is 6.68. The summed E-state index contributed by atoms with van der Waals surface area (Å²) in [6.07, 6.45) is 0.801. The van der Waals surface area contributed by atoms with Crippen molar-refractivity contribution in [2.75, 3.05) is 6.61 Å². The second-order valence-corrected chi connectivity index (χ2v) is 5.02. The van der Waals surface area contributed by atoms with Gasteiger partial charge >= 0.3 is 0 Å². The van der Waals surface area contributed by atoms with Gasteiger partial charge in [0.25, 0.3) is 0 Å². The highest BCUT2D eigenvalue weighted by Crippen LogP contribution is 2.28. The number of ether oxygens (including phenoxy) is 1. The van der Waals surface area contributed by atoms with Gasteiger partial charge < -0.3 is 10.5 Å². The standard InChI is InChI=1S/C14H18BrNO/c1-4-5-6-17-14-10(2)7-13(15)9-12(14)8-11(3)16/h7,9,11H,6,8,16H2,1-3H3. The summed E-state index contributed by atoms with van der Waals surface area (Å²) in [5.41, 5.74) is 8.08. The summed E-state index contributed by atoms with van der Waals surface area (Å²) in [4.78, 5) is 0. The SMILES string of the molecule is CC#CCOc1c(C)cc(Br)cc1CC(C)N. The molecule has 92 valence electrons. The van der Waals surface area contributed by atoms with Gasteiger partial charge in [-0.15, -0.1) is 5.92 Å². The first kappa shape index (κ1) is 14.1. The van der Waals surface area contributed by atoms with Gasteiger partial charge in [0.15, 0.2) is 0 Å². The third kappa shape index (κ3) is 4.41. The van der Waals surface area contributed by atoms with Crippen molar-refractivity contribution >= 4 is 15.9 Å². The Balaban J connectivity index is 3.00. The van der Waals surface area contributed by atoms with E-state index in [1.54, 1.807) is 6.92 Å². The predicted octanol–water partition coefficient (Wildman–Crippen LogP) is 3.05. The highest BCUT2D eigenvalue weighted by atomic mass is 79.9. The van der Waals surface area contributed by atoms with E-state index in [2.05, 4.69) is 33.8 Å². The van der Waals surface area contributed by atoms with Crippen LogP contribution in [0.5, 0.6) is 5.75 Å². The minimum absolute atomic E-state index is 0.114. The number of nitrogens with two attached hydrogens (primary N) is 1. The van der Waals surface area contributed by atoms with Crippen LogP contribution in [0.3, 0.4) is 0 Å². The Bertz CT molecular complexity index is 444. The molecule has 0 heterocycles.